The van der Waals surface area contributed by atoms with Gasteiger partial charge in [-0.3, -0.25) is 0 Å². The van der Waals surface area contributed by atoms with Crippen molar-refractivity contribution in [3.63, 3.8) is 0 Å². The fourth-order valence-electron chi connectivity index (χ4n) is 3.28. The van der Waals surface area contributed by atoms with Crippen LogP contribution in [-0.2, 0) is 10.0 Å². The van der Waals surface area contributed by atoms with Gasteiger partial charge < -0.3 is 14.7 Å². The fraction of sp³-hybridized carbons (Fsp3) is 0.571. The molecule has 2 aliphatic rings. The van der Waals surface area contributed by atoms with Gasteiger partial charge in [-0.05, 0) is 25.0 Å². The van der Waals surface area contributed by atoms with Crippen molar-refractivity contribution in [1.82, 2.24) is 0 Å². The number of anilines is 1. The zero-order valence-electron chi connectivity index (χ0n) is 11.9. The lowest BCUT2D eigenvalue weighted by atomic mass is 9.96. The Morgan fingerprint density at radius 1 is 1.38 bits per heavy atom. The molecule has 1 aliphatic carbocycles. The largest absolute Gasteiger partial charge is 0.486 e. The molecule has 1 unspecified atom stereocenters. The van der Waals surface area contributed by atoms with Crippen LogP contribution in [0.5, 0.6) is 5.75 Å². The van der Waals surface area contributed by atoms with Crippen molar-refractivity contribution in [3.8, 4) is 5.75 Å². The van der Waals surface area contributed by atoms with Gasteiger partial charge >= 0.3 is 0 Å². The minimum Gasteiger partial charge on any atom is -0.486 e. The summed E-state index contributed by atoms with van der Waals surface area (Å²) in [5.74, 6) is 0.609. The van der Waals surface area contributed by atoms with Gasteiger partial charge in [0.25, 0.3) is 0 Å². The highest BCUT2D eigenvalue weighted by Crippen LogP contribution is 2.39. The topological polar surface area (TPSA) is 92.9 Å². The number of aliphatic hydroxyl groups excluding tert-OH is 1. The van der Waals surface area contributed by atoms with Gasteiger partial charge in [0.05, 0.1) is 23.2 Å². The molecular formula is C14H20N2O4S. The first-order valence-electron chi connectivity index (χ1n) is 7.09. The van der Waals surface area contributed by atoms with E-state index in [4.69, 9.17) is 9.88 Å². The Morgan fingerprint density at radius 2 is 2.14 bits per heavy atom. The van der Waals surface area contributed by atoms with E-state index in [1.807, 2.05) is 11.9 Å². The fourth-order valence-corrected chi connectivity index (χ4v) is 3.80. The second kappa shape index (κ2) is 5.15. The van der Waals surface area contributed by atoms with Gasteiger partial charge in [0.1, 0.15) is 11.9 Å². The van der Waals surface area contributed by atoms with Crippen LogP contribution < -0.4 is 14.8 Å². The standard InChI is InChI=1S/C14H20N2O4S/c1-16-8-14(10-3-2-4-12(10)17)20-13-7-9(21(15,18)19)5-6-11(13)16/h5-7,10,12,14,17H,2-4,8H2,1H3,(H2,15,18,19)/t10-,12-,14?/m0/s1. The summed E-state index contributed by atoms with van der Waals surface area (Å²) < 4.78 is 28.9. The zero-order valence-corrected chi connectivity index (χ0v) is 12.7. The summed E-state index contributed by atoms with van der Waals surface area (Å²) in [6.07, 6.45) is 2.27. The maximum absolute atomic E-state index is 11.5. The van der Waals surface area contributed by atoms with Crippen molar-refractivity contribution < 1.29 is 18.3 Å². The smallest absolute Gasteiger partial charge is 0.238 e. The van der Waals surface area contributed by atoms with E-state index in [2.05, 4.69) is 0 Å². The highest BCUT2D eigenvalue weighted by Gasteiger charge is 2.37. The van der Waals surface area contributed by atoms with Gasteiger partial charge in [-0.1, -0.05) is 6.42 Å². The van der Waals surface area contributed by atoms with Crippen LogP contribution in [0.15, 0.2) is 23.1 Å². The number of ether oxygens (including phenoxy) is 1. The van der Waals surface area contributed by atoms with Crippen LogP contribution in [0, 0.1) is 5.92 Å². The van der Waals surface area contributed by atoms with Crippen molar-refractivity contribution in [2.24, 2.45) is 11.1 Å². The van der Waals surface area contributed by atoms with E-state index < -0.39 is 10.0 Å². The van der Waals surface area contributed by atoms with Crippen molar-refractivity contribution in [2.75, 3.05) is 18.5 Å². The molecule has 0 spiro atoms. The monoisotopic (exact) mass is 312 g/mol. The average molecular weight is 312 g/mol. The van der Waals surface area contributed by atoms with E-state index in [-0.39, 0.29) is 23.0 Å². The first-order valence-corrected chi connectivity index (χ1v) is 8.63. The summed E-state index contributed by atoms with van der Waals surface area (Å²) in [7, 11) is -1.81. The SMILES string of the molecule is CN1CC([C@H]2CCC[C@@H]2O)Oc2cc(S(N)(=O)=O)ccc21. The number of hydrogen-bond donors (Lipinski definition) is 2. The Balaban J connectivity index is 1.92. The number of aliphatic hydroxyl groups is 1. The first-order chi connectivity index (χ1) is 9.86. The molecule has 3 rings (SSSR count). The second-order valence-electron chi connectivity index (χ2n) is 5.87. The Kier molecular flexibility index (Phi) is 3.59. The van der Waals surface area contributed by atoms with Crippen LogP contribution >= 0.6 is 0 Å². The lowest BCUT2D eigenvalue weighted by Gasteiger charge is -2.37. The average Bonchev–Trinajstić information content (AvgIpc) is 2.83. The van der Waals surface area contributed by atoms with E-state index in [1.165, 1.54) is 12.1 Å². The number of benzene rings is 1. The zero-order chi connectivity index (χ0) is 15.2. The molecular weight excluding hydrogens is 292 g/mol. The summed E-state index contributed by atoms with van der Waals surface area (Å²) >= 11 is 0. The molecule has 1 saturated carbocycles. The van der Waals surface area contributed by atoms with E-state index in [1.54, 1.807) is 6.07 Å². The number of rotatable bonds is 2. The lowest BCUT2D eigenvalue weighted by molar-refractivity contribution is 0.0455. The van der Waals surface area contributed by atoms with Crippen LogP contribution in [0.25, 0.3) is 0 Å². The number of nitrogens with zero attached hydrogens (tertiary/aromatic N) is 1. The van der Waals surface area contributed by atoms with Crippen LogP contribution in [0.1, 0.15) is 19.3 Å². The number of sulfonamides is 1. The molecule has 1 fully saturated rings. The third kappa shape index (κ3) is 2.73. The number of likely N-dealkylation sites (N-methyl/N-ethyl adjacent to an activating group) is 1. The Hall–Kier alpha value is -1.31. The summed E-state index contributed by atoms with van der Waals surface area (Å²) in [6.45, 7) is 0.684. The predicted molar refractivity (Wildman–Crippen MR) is 78.8 cm³/mol. The summed E-state index contributed by atoms with van der Waals surface area (Å²) in [4.78, 5) is 2.07. The highest BCUT2D eigenvalue weighted by atomic mass is 32.2. The molecule has 3 N–H and O–H groups in total. The molecule has 0 bridgehead atoms. The van der Waals surface area contributed by atoms with E-state index in [0.29, 0.717) is 12.3 Å². The van der Waals surface area contributed by atoms with Gasteiger partial charge in [-0.2, -0.15) is 0 Å². The normalized spacial score (nSPS) is 29.1. The second-order valence-corrected chi connectivity index (χ2v) is 7.43. The molecule has 1 aromatic rings. The predicted octanol–water partition coefficient (Wildman–Crippen LogP) is 0.692. The molecule has 1 aliphatic heterocycles. The third-order valence-electron chi connectivity index (χ3n) is 4.41. The van der Waals surface area contributed by atoms with Gasteiger partial charge in [-0.15, -0.1) is 0 Å². The molecule has 0 saturated heterocycles. The summed E-state index contributed by atoms with van der Waals surface area (Å²) in [6, 6.07) is 4.66. The van der Waals surface area contributed by atoms with E-state index in [9.17, 15) is 13.5 Å². The van der Waals surface area contributed by atoms with Crippen LogP contribution in [-0.4, -0.2) is 39.3 Å². The molecule has 7 heteroatoms. The van der Waals surface area contributed by atoms with Gasteiger partial charge in [0, 0.05) is 19.0 Å². The molecule has 0 radical (unpaired) electrons. The van der Waals surface area contributed by atoms with Gasteiger partial charge in [0.15, 0.2) is 0 Å². The molecule has 116 valence electrons. The minimum atomic E-state index is -3.75. The third-order valence-corrected chi connectivity index (χ3v) is 5.32. The number of fused-ring (bicyclic) bond motifs is 1. The molecule has 0 aromatic heterocycles. The van der Waals surface area contributed by atoms with Crippen LogP contribution in [0.4, 0.5) is 5.69 Å². The summed E-state index contributed by atoms with van der Waals surface area (Å²) in [5, 5.41) is 15.2. The Bertz CT molecular complexity index is 646. The van der Waals surface area contributed by atoms with Crippen molar-refractivity contribution in [1.29, 1.82) is 0 Å². The van der Waals surface area contributed by atoms with E-state index in [0.717, 1.165) is 24.9 Å². The first kappa shape index (κ1) is 14.6. The van der Waals surface area contributed by atoms with Crippen molar-refractivity contribution in [2.45, 2.75) is 36.4 Å². The molecule has 1 heterocycles. The van der Waals surface area contributed by atoms with Crippen LogP contribution in [0.2, 0.25) is 0 Å². The molecule has 21 heavy (non-hydrogen) atoms. The van der Waals surface area contributed by atoms with Gasteiger partial charge in [0.2, 0.25) is 10.0 Å². The van der Waals surface area contributed by atoms with Crippen molar-refractivity contribution >= 4 is 15.7 Å². The maximum atomic E-state index is 11.5. The highest BCUT2D eigenvalue weighted by molar-refractivity contribution is 7.89. The molecule has 0 amide bonds. The Morgan fingerprint density at radius 3 is 2.76 bits per heavy atom. The molecule has 6 nitrogen and oxygen atoms in total. The number of hydrogen-bond acceptors (Lipinski definition) is 5. The van der Waals surface area contributed by atoms with Gasteiger partial charge in [-0.25, -0.2) is 13.6 Å². The molecule has 1 aromatic carbocycles. The molecule has 3 atom stereocenters. The van der Waals surface area contributed by atoms with Crippen LogP contribution in [0.3, 0.4) is 0 Å². The van der Waals surface area contributed by atoms with E-state index >= 15 is 0 Å². The number of nitrogens with two attached hydrogens (primary N) is 1. The summed E-state index contributed by atoms with van der Waals surface area (Å²) in [5.41, 5.74) is 0.839. The number of primary sulfonamides is 1. The maximum Gasteiger partial charge on any atom is 0.238 e. The minimum absolute atomic E-state index is 0.0438. The van der Waals surface area contributed by atoms with Crippen molar-refractivity contribution in [3.05, 3.63) is 18.2 Å². The Labute approximate surface area is 124 Å². The lowest BCUT2D eigenvalue weighted by Crippen LogP contribution is -2.44. The quantitative estimate of drug-likeness (QED) is 0.838.